The Morgan fingerprint density at radius 3 is 3.14 bits per heavy atom. The van der Waals surface area contributed by atoms with Gasteiger partial charge in [-0.25, -0.2) is 4.98 Å². The molecule has 5 nitrogen and oxygen atoms in total. The van der Waals surface area contributed by atoms with Crippen molar-refractivity contribution in [2.75, 3.05) is 12.1 Å². The molecule has 1 amide bonds. The molecule has 1 aliphatic carbocycles. The Morgan fingerprint density at radius 1 is 1.36 bits per heavy atom. The largest absolute Gasteiger partial charge is 0.454 e. The van der Waals surface area contributed by atoms with Crippen LogP contribution in [-0.4, -0.2) is 17.7 Å². The fourth-order valence-electron chi connectivity index (χ4n) is 2.80. The molecule has 2 aromatic rings. The smallest absolute Gasteiger partial charge is 0.257 e. The molecule has 0 saturated heterocycles. The van der Waals surface area contributed by atoms with E-state index in [0.717, 1.165) is 18.5 Å². The van der Waals surface area contributed by atoms with Crippen molar-refractivity contribution in [3.8, 4) is 11.5 Å². The van der Waals surface area contributed by atoms with Gasteiger partial charge in [-0.15, -0.1) is 11.3 Å². The molecular formula is C16H16N2O3S. The van der Waals surface area contributed by atoms with Crippen molar-refractivity contribution in [3.05, 3.63) is 34.3 Å². The topological polar surface area (TPSA) is 60.5 Å². The number of thiazole rings is 1. The lowest BCUT2D eigenvalue weighted by Crippen LogP contribution is -2.12. The third-order valence-corrected chi connectivity index (χ3v) is 5.08. The second-order valence-corrected chi connectivity index (χ2v) is 6.84. The maximum absolute atomic E-state index is 12.4. The molecule has 2 heterocycles. The molecule has 0 fully saturated rings. The molecule has 1 aromatic carbocycles. The molecular weight excluding hydrogens is 300 g/mol. The number of hydrogen-bond acceptors (Lipinski definition) is 5. The lowest BCUT2D eigenvalue weighted by molar-refractivity contribution is 0.102. The molecule has 2 aliphatic rings. The predicted molar refractivity (Wildman–Crippen MR) is 83.8 cm³/mol. The number of ether oxygens (including phenoxy) is 2. The Labute approximate surface area is 132 Å². The average Bonchev–Trinajstić information content (AvgIpc) is 3.11. The number of nitrogens with one attached hydrogen (secondary N) is 1. The maximum Gasteiger partial charge on any atom is 0.257 e. The molecule has 6 heteroatoms. The molecule has 1 atom stereocenters. The van der Waals surface area contributed by atoms with Crippen molar-refractivity contribution in [2.45, 2.75) is 26.2 Å². The van der Waals surface area contributed by atoms with Crippen molar-refractivity contribution in [1.82, 2.24) is 4.98 Å². The van der Waals surface area contributed by atoms with Gasteiger partial charge in [-0.1, -0.05) is 6.92 Å². The quantitative estimate of drug-likeness (QED) is 0.924. The number of benzene rings is 1. The number of fused-ring (bicyclic) bond motifs is 2. The molecule has 22 heavy (non-hydrogen) atoms. The van der Waals surface area contributed by atoms with Crippen LogP contribution in [0.1, 0.15) is 34.3 Å². The first kappa shape index (κ1) is 13.6. The van der Waals surface area contributed by atoms with Gasteiger partial charge in [-0.05, 0) is 43.4 Å². The summed E-state index contributed by atoms with van der Waals surface area (Å²) in [5.74, 6) is 1.82. The molecule has 0 radical (unpaired) electrons. The minimum Gasteiger partial charge on any atom is -0.454 e. The zero-order chi connectivity index (χ0) is 15.1. The van der Waals surface area contributed by atoms with E-state index in [9.17, 15) is 4.79 Å². The monoisotopic (exact) mass is 316 g/mol. The second-order valence-electron chi connectivity index (χ2n) is 5.76. The Kier molecular flexibility index (Phi) is 3.26. The van der Waals surface area contributed by atoms with Crippen LogP contribution < -0.4 is 14.8 Å². The van der Waals surface area contributed by atoms with Crippen molar-refractivity contribution in [2.24, 2.45) is 5.92 Å². The second kappa shape index (κ2) is 5.28. The van der Waals surface area contributed by atoms with Crippen molar-refractivity contribution >= 4 is 22.4 Å². The average molecular weight is 316 g/mol. The Morgan fingerprint density at radius 2 is 2.23 bits per heavy atom. The van der Waals surface area contributed by atoms with Gasteiger partial charge < -0.3 is 9.47 Å². The van der Waals surface area contributed by atoms with Gasteiger partial charge in [0.25, 0.3) is 5.91 Å². The van der Waals surface area contributed by atoms with Crippen LogP contribution in [0.3, 0.4) is 0 Å². The minimum atomic E-state index is -0.169. The van der Waals surface area contributed by atoms with Gasteiger partial charge in [0, 0.05) is 10.4 Å². The highest BCUT2D eigenvalue weighted by Gasteiger charge is 2.21. The minimum absolute atomic E-state index is 0.169. The van der Waals surface area contributed by atoms with Crippen LogP contribution in [0.25, 0.3) is 0 Å². The predicted octanol–water partition coefficient (Wildman–Crippen LogP) is 3.25. The van der Waals surface area contributed by atoms with Crippen LogP contribution >= 0.6 is 11.3 Å². The number of amides is 1. The molecule has 114 valence electrons. The molecule has 0 spiro atoms. The van der Waals surface area contributed by atoms with E-state index in [2.05, 4.69) is 17.2 Å². The summed E-state index contributed by atoms with van der Waals surface area (Å²) in [5, 5.41) is 3.58. The van der Waals surface area contributed by atoms with Gasteiger partial charge in [0.05, 0.1) is 5.69 Å². The van der Waals surface area contributed by atoms with E-state index < -0.39 is 0 Å². The van der Waals surface area contributed by atoms with Crippen molar-refractivity contribution in [3.63, 3.8) is 0 Å². The summed E-state index contributed by atoms with van der Waals surface area (Å²) in [6.45, 7) is 2.46. The molecule has 0 saturated carbocycles. The molecule has 1 N–H and O–H groups in total. The van der Waals surface area contributed by atoms with Crippen LogP contribution in [0.4, 0.5) is 5.13 Å². The summed E-state index contributed by atoms with van der Waals surface area (Å²) < 4.78 is 10.6. The highest BCUT2D eigenvalue weighted by atomic mass is 32.1. The Bertz CT molecular complexity index is 741. The summed E-state index contributed by atoms with van der Waals surface area (Å²) in [6.07, 6.45) is 3.24. The zero-order valence-electron chi connectivity index (χ0n) is 12.2. The van der Waals surface area contributed by atoms with E-state index in [1.165, 1.54) is 11.3 Å². The number of nitrogens with zero attached hydrogens (tertiary/aromatic N) is 1. The highest BCUT2D eigenvalue weighted by molar-refractivity contribution is 7.15. The van der Waals surface area contributed by atoms with E-state index >= 15 is 0 Å². The number of hydrogen-bond donors (Lipinski definition) is 1. The van der Waals surface area contributed by atoms with E-state index in [4.69, 9.17) is 9.47 Å². The number of carbonyl (C=O) groups is 1. The standard InChI is InChI=1S/C16H16N2O3S/c1-9-2-4-11-14(6-9)22-16(17-11)18-15(19)10-3-5-12-13(7-10)21-8-20-12/h3,5,7,9H,2,4,6,8H2,1H3,(H,17,18,19)/t9-/m1/s1. The van der Waals surface area contributed by atoms with E-state index in [1.54, 1.807) is 29.5 Å². The number of anilines is 1. The van der Waals surface area contributed by atoms with Crippen LogP contribution in [0, 0.1) is 5.92 Å². The Balaban J connectivity index is 1.52. The lowest BCUT2D eigenvalue weighted by atomic mass is 9.93. The number of aryl methyl sites for hydroxylation is 1. The molecule has 1 aliphatic heterocycles. The van der Waals surface area contributed by atoms with Crippen molar-refractivity contribution in [1.29, 1.82) is 0 Å². The molecule has 1 aromatic heterocycles. The van der Waals surface area contributed by atoms with Gasteiger partial charge >= 0.3 is 0 Å². The van der Waals surface area contributed by atoms with Gasteiger partial charge in [-0.3, -0.25) is 10.1 Å². The number of aromatic nitrogens is 1. The first-order valence-corrected chi connectivity index (χ1v) is 8.20. The van der Waals surface area contributed by atoms with Crippen molar-refractivity contribution < 1.29 is 14.3 Å². The fraction of sp³-hybridized carbons (Fsp3) is 0.375. The SMILES string of the molecule is C[C@@H]1CCc2nc(NC(=O)c3ccc4c(c3)OCO4)sc2C1. The van der Waals surface area contributed by atoms with Gasteiger partial charge in [-0.2, -0.15) is 0 Å². The van der Waals surface area contributed by atoms with E-state index in [0.29, 0.717) is 28.1 Å². The van der Waals surface area contributed by atoms with E-state index in [1.807, 2.05) is 0 Å². The fourth-order valence-corrected chi connectivity index (χ4v) is 3.97. The van der Waals surface area contributed by atoms with Crippen LogP contribution in [0.15, 0.2) is 18.2 Å². The van der Waals surface area contributed by atoms with Crippen LogP contribution in [-0.2, 0) is 12.8 Å². The summed E-state index contributed by atoms with van der Waals surface area (Å²) in [4.78, 5) is 18.2. The summed E-state index contributed by atoms with van der Waals surface area (Å²) >= 11 is 1.59. The molecule has 4 rings (SSSR count). The maximum atomic E-state index is 12.4. The molecule has 0 bridgehead atoms. The summed E-state index contributed by atoms with van der Waals surface area (Å²) in [6, 6.07) is 5.19. The van der Waals surface area contributed by atoms with Gasteiger partial charge in [0.2, 0.25) is 6.79 Å². The molecule has 0 unspecified atom stereocenters. The summed E-state index contributed by atoms with van der Waals surface area (Å²) in [5.41, 5.74) is 1.69. The number of carbonyl (C=O) groups excluding carboxylic acids is 1. The third-order valence-electron chi connectivity index (χ3n) is 4.04. The third kappa shape index (κ3) is 2.43. The normalized spacial score (nSPS) is 18.9. The number of rotatable bonds is 2. The summed E-state index contributed by atoms with van der Waals surface area (Å²) in [7, 11) is 0. The first-order chi connectivity index (χ1) is 10.7. The van der Waals surface area contributed by atoms with Gasteiger partial charge in [0.1, 0.15) is 0 Å². The van der Waals surface area contributed by atoms with Crippen LogP contribution in [0.2, 0.25) is 0 Å². The van der Waals surface area contributed by atoms with Crippen LogP contribution in [0.5, 0.6) is 11.5 Å². The highest BCUT2D eigenvalue weighted by Crippen LogP contribution is 2.34. The first-order valence-electron chi connectivity index (χ1n) is 7.38. The van der Waals surface area contributed by atoms with Gasteiger partial charge in [0.15, 0.2) is 16.6 Å². The lowest BCUT2D eigenvalue weighted by Gasteiger charge is -2.15. The van der Waals surface area contributed by atoms with E-state index in [-0.39, 0.29) is 12.7 Å². The zero-order valence-corrected chi connectivity index (χ0v) is 13.0. The Hall–Kier alpha value is -2.08.